The van der Waals surface area contributed by atoms with Crippen molar-refractivity contribution >= 4 is 17.2 Å². The average molecular weight is 404 g/mol. The summed E-state index contributed by atoms with van der Waals surface area (Å²) in [5, 5.41) is 15.6. The number of aliphatic carboxylic acids is 1. The van der Waals surface area contributed by atoms with E-state index in [4.69, 9.17) is 4.98 Å². The Morgan fingerprint density at radius 2 is 2.17 bits per heavy atom. The molecule has 2 unspecified atom stereocenters. The lowest BCUT2D eigenvalue weighted by Crippen LogP contribution is -2.42. The zero-order chi connectivity index (χ0) is 21.3. The van der Waals surface area contributed by atoms with Gasteiger partial charge < -0.3 is 15.7 Å². The molecule has 0 radical (unpaired) electrons. The fourth-order valence-corrected chi connectivity index (χ4v) is 3.82. The van der Waals surface area contributed by atoms with Crippen LogP contribution in [0.2, 0.25) is 0 Å². The number of hydrogen-bond donors (Lipinski definition) is 3. The van der Waals surface area contributed by atoms with Gasteiger partial charge in [-0.15, -0.1) is 0 Å². The van der Waals surface area contributed by atoms with E-state index >= 15 is 0 Å². The van der Waals surface area contributed by atoms with Crippen LogP contribution in [0.25, 0.3) is 11.2 Å². The van der Waals surface area contributed by atoms with Crippen LogP contribution in [0.5, 0.6) is 0 Å². The van der Waals surface area contributed by atoms with Gasteiger partial charge in [0.15, 0.2) is 6.04 Å². The Balaban J connectivity index is 1.78. The van der Waals surface area contributed by atoms with Crippen LogP contribution in [0.15, 0.2) is 65.4 Å². The summed E-state index contributed by atoms with van der Waals surface area (Å²) in [6.07, 6.45) is 14.7. The molecular weight excluding hydrogens is 380 g/mol. The monoisotopic (exact) mass is 404 g/mol. The zero-order valence-electron chi connectivity index (χ0n) is 16.9. The summed E-state index contributed by atoms with van der Waals surface area (Å²) in [4.78, 5) is 29.2. The van der Waals surface area contributed by atoms with Crippen LogP contribution in [0.1, 0.15) is 42.6 Å². The molecule has 2 aromatic rings. The summed E-state index contributed by atoms with van der Waals surface area (Å²) in [5.41, 5.74) is 4.48. The predicted octanol–water partition coefficient (Wildman–Crippen LogP) is 2.84. The van der Waals surface area contributed by atoms with Crippen LogP contribution in [0.3, 0.4) is 0 Å². The molecule has 2 aromatic heterocycles. The second-order valence-corrected chi connectivity index (χ2v) is 7.59. The number of fused-ring (bicyclic) bond motifs is 1. The number of hydrogen-bond acceptors (Lipinski definition) is 5. The minimum absolute atomic E-state index is 0.132. The number of dihydropyridines is 1. The maximum atomic E-state index is 12.8. The first-order valence-corrected chi connectivity index (χ1v) is 9.96. The quantitative estimate of drug-likeness (QED) is 0.709. The van der Waals surface area contributed by atoms with Crippen molar-refractivity contribution in [1.29, 1.82) is 0 Å². The number of carboxylic acid groups (broad SMARTS) is 1. The van der Waals surface area contributed by atoms with Crippen LogP contribution in [0, 0.1) is 6.92 Å². The Hall–Kier alpha value is -3.61. The third-order valence-corrected chi connectivity index (χ3v) is 5.31. The number of aromatic nitrogens is 2. The first-order valence-electron chi connectivity index (χ1n) is 9.96. The average Bonchev–Trinajstić information content (AvgIpc) is 2.74. The third kappa shape index (κ3) is 3.78. The maximum absolute atomic E-state index is 12.8. The van der Waals surface area contributed by atoms with Crippen molar-refractivity contribution in [1.82, 2.24) is 20.0 Å². The van der Waals surface area contributed by atoms with Gasteiger partial charge >= 0.3 is 5.97 Å². The largest absolute Gasteiger partial charge is 0.479 e. The number of pyridine rings is 1. The molecular formula is C23H24N4O3. The van der Waals surface area contributed by atoms with Gasteiger partial charge in [-0.05, 0) is 62.2 Å². The summed E-state index contributed by atoms with van der Waals surface area (Å²) < 4.78 is 1.56. The summed E-state index contributed by atoms with van der Waals surface area (Å²) in [5.74, 6) is -0.965. The van der Waals surface area contributed by atoms with Gasteiger partial charge in [-0.3, -0.25) is 9.20 Å². The second-order valence-electron chi connectivity index (χ2n) is 7.59. The molecule has 0 spiro atoms. The van der Waals surface area contributed by atoms with Crippen molar-refractivity contribution in [2.24, 2.45) is 0 Å². The standard InChI is InChI=1S/C23H24N4O3/c1-14-11-17(15(2)25-18-9-6-10-24-21(18)23(29)30)22-26-19(12-20(28)27(22)13-14)16-7-4-3-5-8-16/h3-4,6-7,9-13,15,21,24-25H,5,8H2,1-2H3,(H,29,30). The van der Waals surface area contributed by atoms with Gasteiger partial charge in [0.05, 0.1) is 11.7 Å². The second kappa shape index (κ2) is 8.02. The van der Waals surface area contributed by atoms with E-state index in [9.17, 15) is 14.7 Å². The Bertz CT molecular complexity index is 1190. The van der Waals surface area contributed by atoms with Crippen LogP contribution >= 0.6 is 0 Å². The van der Waals surface area contributed by atoms with Crippen LogP contribution < -0.4 is 16.2 Å². The predicted molar refractivity (Wildman–Crippen MR) is 116 cm³/mol. The maximum Gasteiger partial charge on any atom is 0.332 e. The van der Waals surface area contributed by atoms with E-state index in [0.717, 1.165) is 29.5 Å². The van der Waals surface area contributed by atoms with E-state index < -0.39 is 12.0 Å². The number of aryl methyl sites for hydroxylation is 1. The molecule has 2 atom stereocenters. The first kappa shape index (κ1) is 19.7. The van der Waals surface area contributed by atoms with E-state index in [-0.39, 0.29) is 11.6 Å². The van der Waals surface area contributed by atoms with Gasteiger partial charge in [-0.25, -0.2) is 9.78 Å². The number of carbonyl (C=O) groups is 1. The van der Waals surface area contributed by atoms with E-state index in [1.807, 2.05) is 32.1 Å². The molecule has 0 saturated carbocycles. The number of nitrogens with one attached hydrogen (secondary N) is 2. The minimum Gasteiger partial charge on any atom is -0.479 e. The summed E-state index contributed by atoms with van der Waals surface area (Å²) in [6, 6.07) is 2.46. The van der Waals surface area contributed by atoms with Crippen molar-refractivity contribution in [2.75, 3.05) is 0 Å². The van der Waals surface area contributed by atoms with Crippen LogP contribution in [-0.2, 0) is 4.79 Å². The highest BCUT2D eigenvalue weighted by Crippen LogP contribution is 2.25. The van der Waals surface area contributed by atoms with E-state index in [1.165, 1.54) is 0 Å². The van der Waals surface area contributed by atoms with Gasteiger partial charge in [0.25, 0.3) is 5.56 Å². The number of rotatable bonds is 5. The summed E-state index contributed by atoms with van der Waals surface area (Å²) in [7, 11) is 0. The summed E-state index contributed by atoms with van der Waals surface area (Å²) >= 11 is 0. The molecule has 4 rings (SSSR count). The number of allylic oxidation sites excluding steroid dienone is 6. The molecule has 0 fully saturated rings. The fourth-order valence-electron chi connectivity index (χ4n) is 3.82. The molecule has 3 N–H and O–H groups in total. The molecule has 154 valence electrons. The van der Waals surface area contributed by atoms with Crippen molar-refractivity contribution in [3.05, 3.63) is 87.8 Å². The Morgan fingerprint density at radius 1 is 1.33 bits per heavy atom. The number of nitrogens with zero attached hydrogens (tertiary/aromatic N) is 2. The van der Waals surface area contributed by atoms with E-state index in [2.05, 4.69) is 16.7 Å². The van der Waals surface area contributed by atoms with Crippen molar-refractivity contribution in [2.45, 2.75) is 38.8 Å². The zero-order valence-corrected chi connectivity index (χ0v) is 16.9. The normalized spacial score (nSPS) is 19.1. The molecule has 1 aliphatic heterocycles. The van der Waals surface area contributed by atoms with Crippen molar-refractivity contribution < 1.29 is 9.90 Å². The van der Waals surface area contributed by atoms with E-state index in [1.54, 1.807) is 35.0 Å². The highest BCUT2D eigenvalue weighted by molar-refractivity contribution is 5.78. The molecule has 7 nitrogen and oxygen atoms in total. The summed E-state index contributed by atoms with van der Waals surface area (Å²) in [6.45, 7) is 3.86. The van der Waals surface area contributed by atoms with Gasteiger partial charge in [-0.1, -0.05) is 18.2 Å². The van der Waals surface area contributed by atoms with Gasteiger partial charge in [0.2, 0.25) is 0 Å². The molecule has 0 amide bonds. The fraction of sp³-hybridized carbons (Fsp3) is 0.261. The third-order valence-electron chi connectivity index (χ3n) is 5.31. The highest BCUT2D eigenvalue weighted by Gasteiger charge is 2.25. The van der Waals surface area contributed by atoms with Crippen molar-refractivity contribution in [3.63, 3.8) is 0 Å². The molecule has 0 aromatic carbocycles. The number of carboxylic acids is 1. The van der Waals surface area contributed by atoms with Gasteiger partial charge in [0, 0.05) is 23.5 Å². The van der Waals surface area contributed by atoms with Gasteiger partial charge in [0.1, 0.15) is 5.65 Å². The molecule has 7 heteroatoms. The smallest absolute Gasteiger partial charge is 0.332 e. The Morgan fingerprint density at radius 3 is 2.90 bits per heavy atom. The Labute approximate surface area is 174 Å². The minimum atomic E-state index is -0.965. The first-order chi connectivity index (χ1) is 14.4. The molecule has 0 bridgehead atoms. The lowest BCUT2D eigenvalue weighted by atomic mass is 10.0. The van der Waals surface area contributed by atoms with Gasteiger partial charge in [-0.2, -0.15) is 0 Å². The lowest BCUT2D eigenvalue weighted by Gasteiger charge is -2.25. The SMILES string of the molecule is Cc1cc(C(C)NC2=CC=CNC2C(=O)O)c2nc(C3=CC=CCC3)cc(=O)n2c1. The van der Waals surface area contributed by atoms with Crippen molar-refractivity contribution in [3.8, 4) is 0 Å². The molecule has 0 saturated heterocycles. The Kier molecular flexibility index (Phi) is 5.27. The lowest BCUT2D eigenvalue weighted by molar-refractivity contribution is -0.138. The molecule has 2 aliphatic rings. The molecule has 3 heterocycles. The van der Waals surface area contributed by atoms with Crippen LogP contribution in [-0.4, -0.2) is 26.5 Å². The molecule has 1 aliphatic carbocycles. The van der Waals surface area contributed by atoms with Crippen LogP contribution in [0.4, 0.5) is 0 Å². The topological polar surface area (TPSA) is 95.7 Å². The highest BCUT2D eigenvalue weighted by atomic mass is 16.4. The molecule has 30 heavy (non-hydrogen) atoms. The van der Waals surface area contributed by atoms with E-state index in [0.29, 0.717) is 17.0 Å².